The summed E-state index contributed by atoms with van der Waals surface area (Å²) in [7, 11) is 0. The monoisotopic (exact) mass is 358 g/mol. The summed E-state index contributed by atoms with van der Waals surface area (Å²) >= 11 is 0. The number of unbranched alkanes of at least 4 members (excludes halogenated alkanes) is 1. The molecule has 1 aliphatic heterocycles. The summed E-state index contributed by atoms with van der Waals surface area (Å²) < 4.78 is 11.3. The van der Waals surface area contributed by atoms with E-state index in [0.29, 0.717) is 0 Å². The molecule has 0 amide bonds. The highest BCUT2D eigenvalue weighted by Crippen LogP contribution is 2.20. The van der Waals surface area contributed by atoms with E-state index in [4.69, 9.17) is 9.26 Å². The van der Waals surface area contributed by atoms with Crippen molar-refractivity contribution in [2.75, 3.05) is 39.3 Å². The molecule has 1 aromatic carbocycles. The van der Waals surface area contributed by atoms with Gasteiger partial charge in [0.05, 0.1) is 6.04 Å². The van der Waals surface area contributed by atoms with E-state index >= 15 is 0 Å². The average molecular weight is 358 g/mol. The molecule has 0 saturated carbocycles. The van der Waals surface area contributed by atoms with Crippen LogP contribution < -0.4 is 4.74 Å². The van der Waals surface area contributed by atoms with Gasteiger partial charge < -0.3 is 9.26 Å². The second kappa shape index (κ2) is 9.69. The van der Waals surface area contributed by atoms with Crippen molar-refractivity contribution < 1.29 is 9.26 Å². The molecule has 6 heteroatoms. The Morgan fingerprint density at radius 2 is 1.92 bits per heavy atom. The Bertz CT molecular complexity index is 638. The molecule has 2 aromatic rings. The van der Waals surface area contributed by atoms with E-state index < -0.39 is 0 Å². The van der Waals surface area contributed by atoms with Gasteiger partial charge in [0.15, 0.2) is 5.82 Å². The highest BCUT2D eigenvalue weighted by Gasteiger charge is 2.25. The van der Waals surface area contributed by atoms with Crippen LogP contribution in [0.25, 0.3) is 0 Å². The summed E-state index contributed by atoms with van der Waals surface area (Å²) in [4.78, 5) is 9.45. The lowest BCUT2D eigenvalue weighted by Gasteiger charge is -2.36. The Morgan fingerprint density at radius 1 is 1.15 bits per heavy atom. The van der Waals surface area contributed by atoms with Crippen molar-refractivity contribution in [2.45, 2.75) is 39.2 Å². The first-order valence-corrected chi connectivity index (χ1v) is 9.73. The van der Waals surface area contributed by atoms with E-state index in [1.54, 1.807) is 0 Å². The molecular weight excluding hydrogens is 328 g/mol. The Labute approximate surface area is 156 Å². The van der Waals surface area contributed by atoms with Gasteiger partial charge in [-0.05, 0) is 25.5 Å². The minimum Gasteiger partial charge on any atom is -0.492 e. The first kappa shape index (κ1) is 18.9. The number of nitrogens with zero attached hydrogens (tertiary/aromatic N) is 4. The lowest BCUT2D eigenvalue weighted by atomic mass is 10.2. The number of ether oxygens (including phenoxy) is 1. The topological polar surface area (TPSA) is 54.6 Å². The van der Waals surface area contributed by atoms with Crippen LogP contribution in [-0.4, -0.2) is 59.3 Å². The van der Waals surface area contributed by atoms with E-state index in [2.05, 4.69) is 33.8 Å². The molecule has 1 atom stereocenters. The van der Waals surface area contributed by atoms with Crippen LogP contribution >= 0.6 is 0 Å². The third-order valence-corrected chi connectivity index (χ3v) is 4.97. The molecule has 1 fully saturated rings. The van der Waals surface area contributed by atoms with Crippen LogP contribution in [0.4, 0.5) is 0 Å². The molecule has 3 rings (SSSR count). The maximum Gasteiger partial charge on any atom is 0.243 e. The van der Waals surface area contributed by atoms with Crippen molar-refractivity contribution in [1.29, 1.82) is 0 Å². The van der Waals surface area contributed by atoms with E-state index in [0.717, 1.165) is 76.1 Å². The van der Waals surface area contributed by atoms with Gasteiger partial charge in [-0.3, -0.25) is 9.80 Å². The molecule has 1 aromatic heterocycles. The molecular formula is C20H30N4O2. The van der Waals surface area contributed by atoms with Crippen molar-refractivity contribution in [1.82, 2.24) is 19.9 Å². The Hall–Kier alpha value is -1.92. The number of hydrogen-bond acceptors (Lipinski definition) is 6. The van der Waals surface area contributed by atoms with Gasteiger partial charge in [-0.2, -0.15) is 4.98 Å². The molecule has 0 N–H and O–H groups in total. The van der Waals surface area contributed by atoms with Gasteiger partial charge in [-0.25, -0.2) is 0 Å². The number of piperazine rings is 1. The number of rotatable bonds is 9. The van der Waals surface area contributed by atoms with Gasteiger partial charge in [0.2, 0.25) is 5.89 Å². The number of para-hydroxylation sites is 1. The number of aromatic nitrogens is 2. The van der Waals surface area contributed by atoms with Crippen LogP contribution in [0, 0.1) is 0 Å². The lowest BCUT2D eigenvalue weighted by molar-refractivity contribution is 0.0800. The molecule has 0 radical (unpaired) electrons. The van der Waals surface area contributed by atoms with Gasteiger partial charge in [-0.15, -0.1) is 0 Å². The van der Waals surface area contributed by atoms with Crippen LogP contribution in [0.2, 0.25) is 0 Å². The summed E-state index contributed by atoms with van der Waals surface area (Å²) in [5.74, 6) is 2.53. The molecule has 1 saturated heterocycles. The zero-order valence-electron chi connectivity index (χ0n) is 15.9. The quantitative estimate of drug-likeness (QED) is 0.686. The third-order valence-electron chi connectivity index (χ3n) is 4.97. The molecule has 1 unspecified atom stereocenters. The summed E-state index contributed by atoms with van der Waals surface area (Å²) in [6, 6.07) is 10.2. The number of aryl methyl sites for hydroxylation is 1. The van der Waals surface area contributed by atoms with Gasteiger partial charge in [-0.1, -0.05) is 36.7 Å². The Morgan fingerprint density at radius 3 is 2.65 bits per heavy atom. The van der Waals surface area contributed by atoms with Gasteiger partial charge in [0.1, 0.15) is 12.4 Å². The SMILES string of the molecule is CCCCc1noc(C(C)N2CCN(CCOc3ccccc3)CC2)n1. The van der Waals surface area contributed by atoms with Crippen LogP contribution in [0.1, 0.15) is 44.4 Å². The van der Waals surface area contributed by atoms with Gasteiger partial charge in [0.25, 0.3) is 0 Å². The first-order valence-electron chi connectivity index (χ1n) is 9.73. The molecule has 142 valence electrons. The molecule has 0 spiro atoms. The van der Waals surface area contributed by atoms with Crippen molar-refractivity contribution in [2.24, 2.45) is 0 Å². The second-order valence-corrected chi connectivity index (χ2v) is 6.87. The fraction of sp³-hybridized carbons (Fsp3) is 0.600. The maximum atomic E-state index is 5.80. The number of hydrogen-bond donors (Lipinski definition) is 0. The zero-order chi connectivity index (χ0) is 18.2. The van der Waals surface area contributed by atoms with Crippen LogP contribution in [0.3, 0.4) is 0 Å². The predicted molar refractivity (Wildman–Crippen MR) is 101 cm³/mol. The van der Waals surface area contributed by atoms with Crippen molar-refractivity contribution in [3.8, 4) is 5.75 Å². The Balaban J connectivity index is 1.39. The van der Waals surface area contributed by atoms with Gasteiger partial charge >= 0.3 is 0 Å². The van der Waals surface area contributed by atoms with E-state index in [1.807, 2.05) is 30.3 Å². The first-order chi connectivity index (χ1) is 12.8. The minimum absolute atomic E-state index is 0.181. The highest BCUT2D eigenvalue weighted by molar-refractivity contribution is 5.20. The van der Waals surface area contributed by atoms with Gasteiger partial charge in [0, 0.05) is 39.1 Å². The van der Waals surface area contributed by atoms with Crippen LogP contribution in [0.5, 0.6) is 5.75 Å². The van der Waals surface area contributed by atoms with Crippen molar-refractivity contribution in [3.05, 3.63) is 42.0 Å². The lowest BCUT2D eigenvalue weighted by Crippen LogP contribution is -2.48. The molecule has 26 heavy (non-hydrogen) atoms. The Kier molecular flexibility index (Phi) is 7.03. The zero-order valence-corrected chi connectivity index (χ0v) is 15.9. The van der Waals surface area contributed by atoms with Crippen LogP contribution in [-0.2, 0) is 6.42 Å². The van der Waals surface area contributed by atoms with E-state index in [-0.39, 0.29) is 6.04 Å². The predicted octanol–water partition coefficient (Wildman–Crippen LogP) is 3.17. The fourth-order valence-electron chi connectivity index (χ4n) is 3.21. The molecule has 6 nitrogen and oxygen atoms in total. The average Bonchev–Trinajstić information content (AvgIpc) is 3.16. The smallest absolute Gasteiger partial charge is 0.243 e. The summed E-state index contributed by atoms with van der Waals surface area (Å²) in [6.45, 7) is 10.1. The molecule has 1 aliphatic rings. The highest BCUT2D eigenvalue weighted by atomic mass is 16.5. The normalized spacial score (nSPS) is 17.3. The molecule has 0 bridgehead atoms. The molecule has 2 heterocycles. The fourth-order valence-corrected chi connectivity index (χ4v) is 3.21. The van der Waals surface area contributed by atoms with E-state index in [1.165, 1.54) is 0 Å². The summed E-state index contributed by atoms with van der Waals surface area (Å²) in [5, 5.41) is 4.11. The summed E-state index contributed by atoms with van der Waals surface area (Å²) in [6.07, 6.45) is 3.16. The molecule has 0 aliphatic carbocycles. The maximum absolute atomic E-state index is 5.80. The van der Waals surface area contributed by atoms with Crippen molar-refractivity contribution in [3.63, 3.8) is 0 Å². The largest absolute Gasteiger partial charge is 0.492 e. The standard InChI is InChI=1S/C20H30N4O2/c1-3-4-10-19-21-20(26-22-19)17(2)24-13-11-23(12-14-24)15-16-25-18-8-6-5-7-9-18/h5-9,17H,3-4,10-16H2,1-2H3. The summed E-state index contributed by atoms with van der Waals surface area (Å²) in [5.41, 5.74) is 0. The second-order valence-electron chi connectivity index (χ2n) is 6.87. The minimum atomic E-state index is 0.181. The third kappa shape index (κ3) is 5.29. The van der Waals surface area contributed by atoms with Crippen molar-refractivity contribution >= 4 is 0 Å². The number of benzene rings is 1. The van der Waals surface area contributed by atoms with Crippen LogP contribution in [0.15, 0.2) is 34.9 Å². The van der Waals surface area contributed by atoms with E-state index in [9.17, 15) is 0 Å².